The second-order valence-electron chi connectivity index (χ2n) is 19.1. The van der Waals surface area contributed by atoms with Gasteiger partial charge in [-0.05, 0) is 145 Å². The van der Waals surface area contributed by atoms with E-state index >= 15 is 0 Å². The summed E-state index contributed by atoms with van der Waals surface area (Å²) in [4.78, 5) is 25.6. The highest BCUT2D eigenvalue weighted by atomic mass is 16.4. The van der Waals surface area contributed by atoms with Gasteiger partial charge in [0.1, 0.15) is 6.54 Å². The Morgan fingerprint density at radius 1 is 0.849 bits per heavy atom. The monoisotopic (exact) mass is 713 g/mol. The lowest BCUT2D eigenvalue weighted by Crippen LogP contribution is -2.68. The highest BCUT2D eigenvalue weighted by Gasteiger charge is 2.70. The van der Waals surface area contributed by atoms with Gasteiger partial charge in [-0.25, -0.2) is 4.79 Å². The Morgan fingerprint density at radius 2 is 1.58 bits per heavy atom. The van der Waals surface area contributed by atoms with Gasteiger partial charge < -0.3 is 10.4 Å². The van der Waals surface area contributed by atoms with E-state index < -0.39 is 5.97 Å². The maximum atomic E-state index is 14.0. The third-order valence-corrected chi connectivity index (χ3v) is 16.5. The maximum Gasteiger partial charge on any atom is 0.335 e. The largest absolute Gasteiger partial charge is 0.478 e. The molecule has 4 saturated carbocycles. The number of carboxylic acid groups (broad SMARTS) is 1. The zero-order valence-corrected chi connectivity index (χ0v) is 32.8. The van der Waals surface area contributed by atoms with Crippen LogP contribution in [-0.2, 0) is 11.3 Å². The van der Waals surface area contributed by atoms with E-state index in [2.05, 4.69) is 76.7 Å². The molecule has 3 aromatic rings. The molecule has 0 aliphatic heterocycles. The molecule has 0 spiro atoms. The van der Waals surface area contributed by atoms with Crippen molar-refractivity contribution in [1.82, 2.24) is 15.1 Å². The fourth-order valence-corrected chi connectivity index (χ4v) is 14.0. The van der Waals surface area contributed by atoms with Crippen LogP contribution in [0, 0.1) is 51.2 Å². The van der Waals surface area contributed by atoms with Crippen molar-refractivity contribution >= 4 is 17.4 Å². The molecule has 8 rings (SSSR count). The summed E-state index contributed by atoms with van der Waals surface area (Å²) in [5, 5.41) is 17.8. The molecule has 5 aliphatic rings. The van der Waals surface area contributed by atoms with Gasteiger partial charge in [-0.15, -0.1) is 0 Å². The third kappa shape index (κ3) is 5.43. The molecule has 2 N–H and O–H groups in total. The standard InChI is InChI=1S/C47H59N3O3/c1-30(2)35-19-24-47(49-40(51)29-50-28-34(27-48-50)31-11-9-8-10-12-31)26-25-45(6)37(41(35)47)17-18-39-44(5)22-20-36(32-13-15-33(16-14-32)42(52)53)43(3,4)38(44)21-23-46(39,45)7/h8-16,20,27-28,35,37-39,41H,1,17-19,21-26,29H2,2-7H3,(H,49,51)(H,52,53)/t35-,37+,38-,39+,41+,44-,45+,46+,47-/m0/s1. The van der Waals surface area contributed by atoms with Gasteiger partial charge in [-0.3, -0.25) is 9.48 Å². The van der Waals surface area contributed by atoms with Gasteiger partial charge in [0.05, 0.1) is 11.8 Å². The lowest BCUT2D eigenvalue weighted by molar-refractivity contribution is -0.219. The third-order valence-electron chi connectivity index (χ3n) is 16.5. The molecular weight excluding hydrogens is 655 g/mol. The number of carbonyl (C=O) groups excluding carboxylic acids is 1. The average Bonchev–Trinajstić information content (AvgIpc) is 3.74. The van der Waals surface area contributed by atoms with E-state index in [9.17, 15) is 14.7 Å². The molecule has 4 fully saturated rings. The molecule has 6 nitrogen and oxygen atoms in total. The van der Waals surface area contributed by atoms with Crippen molar-refractivity contribution in [3.63, 3.8) is 0 Å². The zero-order valence-electron chi connectivity index (χ0n) is 32.8. The summed E-state index contributed by atoms with van der Waals surface area (Å²) in [5.41, 5.74) is 6.63. The number of hydrogen-bond acceptors (Lipinski definition) is 3. The number of fused-ring (bicyclic) bond motifs is 7. The molecular formula is C47H59N3O3. The van der Waals surface area contributed by atoms with Crippen molar-refractivity contribution in [2.45, 2.75) is 111 Å². The number of benzene rings is 2. The van der Waals surface area contributed by atoms with E-state index in [1.807, 2.05) is 42.7 Å². The van der Waals surface area contributed by atoms with Crippen LogP contribution in [0.5, 0.6) is 0 Å². The number of aromatic nitrogens is 2. The molecule has 0 unspecified atom stereocenters. The first-order valence-corrected chi connectivity index (χ1v) is 20.2. The number of carbonyl (C=O) groups is 2. The summed E-state index contributed by atoms with van der Waals surface area (Å²) < 4.78 is 1.80. The summed E-state index contributed by atoms with van der Waals surface area (Å²) in [7, 11) is 0. The summed E-state index contributed by atoms with van der Waals surface area (Å²) in [5.74, 6) is 1.71. The number of hydrogen-bond donors (Lipinski definition) is 2. The minimum absolute atomic E-state index is 0.0181. The van der Waals surface area contributed by atoms with Gasteiger partial charge >= 0.3 is 5.97 Å². The van der Waals surface area contributed by atoms with Crippen LogP contribution in [0.25, 0.3) is 16.7 Å². The van der Waals surface area contributed by atoms with E-state index in [0.29, 0.717) is 35.2 Å². The first kappa shape index (κ1) is 36.1. The van der Waals surface area contributed by atoms with Gasteiger partial charge in [-0.1, -0.05) is 95.3 Å². The minimum atomic E-state index is -0.877. The van der Waals surface area contributed by atoms with E-state index in [1.165, 1.54) is 36.8 Å². The lowest BCUT2D eigenvalue weighted by Gasteiger charge is -2.72. The zero-order chi connectivity index (χ0) is 37.6. The van der Waals surface area contributed by atoms with Crippen molar-refractivity contribution in [2.24, 2.45) is 51.2 Å². The summed E-state index contributed by atoms with van der Waals surface area (Å²) in [6, 6.07) is 17.8. The molecule has 0 radical (unpaired) electrons. The first-order chi connectivity index (χ1) is 25.1. The van der Waals surface area contributed by atoms with Crippen molar-refractivity contribution in [3.8, 4) is 11.1 Å². The molecule has 1 heterocycles. The molecule has 1 aromatic heterocycles. The van der Waals surface area contributed by atoms with E-state index in [-0.39, 0.29) is 39.7 Å². The quantitative estimate of drug-likeness (QED) is 0.239. The summed E-state index contributed by atoms with van der Waals surface area (Å²) in [6.07, 6.45) is 16.6. The van der Waals surface area contributed by atoms with Crippen LogP contribution in [-0.4, -0.2) is 32.3 Å². The van der Waals surface area contributed by atoms with Crippen molar-refractivity contribution in [3.05, 3.63) is 96.3 Å². The van der Waals surface area contributed by atoms with Crippen LogP contribution >= 0.6 is 0 Å². The second-order valence-corrected chi connectivity index (χ2v) is 19.1. The van der Waals surface area contributed by atoms with E-state index in [4.69, 9.17) is 0 Å². The highest BCUT2D eigenvalue weighted by Crippen LogP contribution is 2.76. The Morgan fingerprint density at radius 3 is 2.28 bits per heavy atom. The topological polar surface area (TPSA) is 84.2 Å². The molecule has 0 saturated heterocycles. The molecule has 1 amide bonds. The summed E-state index contributed by atoms with van der Waals surface area (Å²) >= 11 is 0. The number of allylic oxidation sites excluding steroid dienone is 3. The van der Waals surface area contributed by atoms with Crippen LogP contribution < -0.4 is 5.32 Å². The number of aromatic carboxylic acids is 1. The molecule has 2 aromatic carbocycles. The van der Waals surface area contributed by atoms with Crippen LogP contribution in [0.3, 0.4) is 0 Å². The van der Waals surface area contributed by atoms with E-state index in [1.54, 1.807) is 16.8 Å². The predicted octanol–water partition coefficient (Wildman–Crippen LogP) is 10.5. The number of rotatable bonds is 7. The summed E-state index contributed by atoms with van der Waals surface area (Å²) in [6.45, 7) is 19.8. The Labute approximate surface area is 316 Å². The molecule has 53 heavy (non-hydrogen) atoms. The fourth-order valence-electron chi connectivity index (χ4n) is 14.0. The molecule has 5 aliphatic carbocycles. The first-order valence-electron chi connectivity index (χ1n) is 20.2. The van der Waals surface area contributed by atoms with Crippen LogP contribution in [0.1, 0.15) is 115 Å². The van der Waals surface area contributed by atoms with Gasteiger partial charge in [0.2, 0.25) is 5.91 Å². The average molecular weight is 714 g/mol. The number of carboxylic acids is 1. The predicted molar refractivity (Wildman–Crippen MR) is 212 cm³/mol. The SMILES string of the molecule is C=C(C)[C@@H]1CC[C@]2(NC(=O)Cn3cc(-c4ccccc4)cn3)CC[C@]3(C)[C@H](CC[C@@H]4[C@@]5(C)CC=C(c6ccc(C(=O)O)cc6)C(C)(C)[C@@H]5CC[C@]43C)[C@@H]12. The van der Waals surface area contributed by atoms with Crippen LogP contribution in [0.4, 0.5) is 0 Å². The number of amides is 1. The smallest absolute Gasteiger partial charge is 0.335 e. The van der Waals surface area contributed by atoms with Gasteiger partial charge in [0, 0.05) is 17.3 Å². The Hall–Kier alpha value is -3.93. The van der Waals surface area contributed by atoms with Gasteiger partial charge in [-0.2, -0.15) is 5.10 Å². The normalized spacial score (nSPS) is 36.9. The van der Waals surface area contributed by atoms with Crippen molar-refractivity contribution in [1.29, 1.82) is 0 Å². The van der Waals surface area contributed by atoms with Crippen molar-refractivity contribution in [2.75, 3.05) is 0 Å². The Kier molecular flexibility index (Phi) is 8.55. The number of nitrogens with one attached hydrogen (secondary N) is 1. The Bertz CT molecular complexity index is 1960. The number of nitrogens with zero attached hydrogens (tertiary/aromatic N) is 2. The molecule has 280 valence electrons. The fraction of sp³-hybridized carbons (Fsp3) is 0.553. The maximum absolute atomic E-state index is 14.0. The van der Waals surface area contributed by atoms with Gasteiger partial charge in [0.15, 0.2) is 0 Å². The Balaban J connectivity index is 1.06. The second kappa shape index (κ2) is 12.6. The highest BCUT2D eigenvalue weighted by molar-refractivity contribution is 5.88. The lowest BCUT2D eigenvalue weighted by atomic mass is 9.33. The van der Waals surface area contributed by atoms with Crippen LogP contribution in [0.2, 0.25) is 0 Å². The van der Waals surface area contributed by atoms with E-state index in [0.717, 1.165) is 48.8 Å². The minimum Gasteiger partial charge on any atom is -0.478 e. The molecule has 9 atom stereocenters. The molecule has 6 heteroatoms. The molecule has 0 bridgehead atoms. The van der Waals surface area contributed by atoms with Gasteiger partial charge in [0.25, 0.3) is 0 Å². The van der Waals surface area contributed by atoms with Crippen molar-refractivity contribution < 1.29 is 14.7 Å². The van der Waals surface area contributed by atoms with Crippen LogP contribution in [0.15, 0.2) is 85.2 Å².